The van der Waals surface area contributed by atoms with Crippen molar-refractivity contribution in [3.63, 3.8) is 0 Å². The second kappa shape index (κ2) is 7.82. The van der Waals surface area contributed by atoms with Crippen LogP contribution in [0.5, 0.6) is 5.75 Å². The summed E-state index contributed by atoms with van der Waals surface area (Å²) >= 11 is 0. The molecule has 0 aliphatic carbocycles. The Morgan fingerprint density at radius 3 is 2.69 bits per heavy atom. The Balaban J connectivity index is 1.62. The van der Waals surface area contributed by atoms with E-state index in [4.69, 9.17) is 9.15 Å². The van der Waals surface area contributed by atoms with Gasteiger partial charge in [0.1, 0.15) is 17.3 Å². The van der Waals surface area contributed by atoms with E-state index in [2.05, 4.69) is 10.3 Å². The van der Waals surface area contributed by atoms with Crippen LogP contribution >= 0.6 is 0 Å². The van der Waals surface area contributed by atoms with Gasteiger partial charge in [-0.15, -0.1) is 0 Å². The Labute approximate surface area is 150 Å². The van der Waals surface area contributed by atoms with Crippen molar-refractivity contribution in [1.82, 2.24) is 10.3 Å². The van der Waals surface area contributed by atoms with Crippen molar-refractivity contribution < 1.29 is 18.3 Å². The third-order valence-electron chi connectivity index (χ3n) is 3.94. The number of carbonyl (C=O) groups excluding carboxylic acids is 1. The van der Waals surface area contributed by atoms with Gasteiger partial charge in [0.2, 0.25) is 11.8 Å². The van der Waals surface area contributed by atoms with Gasteiger partial charge in [-0.25, -0.2) is 9.37 Å². The van der Waals surface area contributed by atoms with E-state index in [0.717, 1.165) is 11.3 Å². The summed E-state index contributed by atoms with van der Waals surface area (Å²) in [6, 6.07) is 13.5. The first-order valence-corrected chi connectivity index (χ1v) is 8.17. The van der Waals surface area contributed by atoms with E-state index >= 15 is 0 Å². The summed E-state index contributed by atoms with van der Waals surface area (Å²) in [5.41, 5.74) is 2.05. The predicted molar refractivity (Wildman–Crippen MR) is 95.2 cm³/mol. The standard InChI is InChI=1S/C20H19FN2O3/c1-13-18(23-20(26-13)15-4-3-5-16(21)10-15)11-19(24)22-12-14-6-8-17(25-2)9-7-14/h3-10H,11-12H2,1-2H3,(H,22,24). The highest BCUT2D eigenvalue weighted by atomic mass is 19.1. The Kier molecular flexibility index (Phi) is 5.31. The number of methoxy groups -OCH3 is 1. The van der Waals surface area contributed by atoms with E-state index in [9.17, 15) is 9.18 Å². The molecule has 5 nitrogen and oxygen atoms in total. The first-order valence-electron chi connectivity index (χ1n) is 8.17. The Bertz CT molecular complexity index is 904. The number of carbonyl (C=O) groups is 1. The summed E-state index contributed by atoms with van der Waals surface area (Å²) in [6.07, 6.45) is 0.0980. The number of halogens is 1. The fourth-order valence-electron chi connectivity index (χ4n) is 2.50. The maximum Gasteiger partial charge on any atom is 0.226 e. The van der Waals surface area contributed by atoms with Crippen LogP contribution in [0.15, 0.2) is 52.9 Å². The average Bonchev–Trinajstić information content (AvgIpc) is 3.01. The largest absolute Gasteiger partial charge is 0.497 e. The van der Waals surface area contributed by atoms with Crippen molar-refractivity contribution in [3.8, 4) is 17.2 Å². The third-order valence-corrected chi connectivity index (χ3v) is 3.94. The average molecular weight is 354 g/mol. The van der Waals surface area contributed by atoms with Crippen LogP contribution in [0.4, 0.5) is 4.39 Å². The molecule has 0 saturated heterocycles. The number of hydrogen-bond acceptors (Lipinski definition) is 4. The highest BCUT2D eigenvalue weighted by Gasteiger charge is 2.15. The van der Waals surface area contributed by atoms with Crippen LogP contribution in [0.25, 0.3) is 11.5 Å². The van der Waals surface area contributed by atoms with Gasteiger partial charge in [-0.1, -0.05) is 18.2 Å². The minimum atomic E-state index is -0.364. The number of ether oxygens (including phenoxy) is 1. The van der Waals surface area contributed by atoms with E-state index in [-0.39, 0.29) is 18.1 Å². The number of aryl methyl sites for hydroxylation is 1. The first kappa shape index (κ1) is 17.7. The van der Waals surface area contributed by atoms with E-state index in [1.807, 2.05) is 24.3 Å². The van der Waals surface area contributed by atoms with Crippen molar-refractivity contribution in [2.24, 2.45) is 0 Å². The lowest BCUT2D eigenvalue weighted by Gasteiger charge is -2.05. The summed E-state index contributed by atoms with van der Waals surface area (Å²) in [4.78, 5) is 16.5. The number of oxazole rings is 1. The zero-order chi connectivity index (χ0) is 18.5. The van der Waals surface area contributed by atoms with Crippen molar-refractivity contribution in [2.45, 2.75) is 19.9 Å². The van der Waals surface area contributed by atoms with Crippen LogP contribution in [0, 0.1) is 12.7 Å². The number of benzene rings is 2. The molecule has 0 fully saturated rings. The maximum absolute atomic E-state index is 13.3. The highest BCUT2D eigenvalue weighted by Crippen LogP contribution is 2.22. The van der Waals surface area contributed by atoms with Crippen LogP contribution in [0.2, 0.25) is 0 Å². The Morgan fingerprint density at radius 1 is 1.23 bits per heavy atom. The van der Waals surface area contributed by atoms with Crippen molar-refractivity contribution >= 4 is 5.91 Å². The zero-order valence-electron chi connectivity index (χ0n) is 14.6. The second-order valence-corrected chi connectivity index (χ2v) is 5.83. The smallest absolute Gasteiger partial charge is 0.226 e. The molecule has 0 spiro atoms. The SMILES string of the molecule is COc1ccc(CNC(=O)Cc2nc(-c3cccc(F)c3)oc2C)cc1. The quantitative estimate of drug-likeness (QED) is 0.734. The molecule has 1 heterocycles. The fourth-order valence-corrected chi connectivity index (χ4v) is 2.50. The minimum absolute atomic E-state index is 0.0980. The van der Waals surface area contributed by atoms with Gasteiger partial charge in [0.05, 0.1) is 19.2 Å². The van der Waals surface area contributed by atoms with E-state index in [0.29, 0.717) is 29.5 Å². The molecule has 3 aromatic rings. The molecule has 6 heteroatoms. The molecule has 2 aromatic carbocycles. The van der Waals surface area contributed by atoms with Crippen molar-refractivity contribution in [3.05, 3.63) is 71.4 Å². The van der Waals surface area contributed by atoms with Gasteiger partial charge in [0, 0.05) is 12.1 Å². The molecule has 0 unspecified atom stereocenters. The topological polar surface area (TPSA) is 64.4 Å². The summed E-state index contributed by atoms with van der Waals surface area (Å²) in [7, 11) is 1.61. The van der Waals surface area contributed by atoms with E-state index < -0.39 is 0 Å². The van der Waals surface area contributed by atoms with Crippen molar-refractivity contribution in [1.29, 1.82) is 0 Å². The Morgan fingerprint density at radius 2 is 2.00 bits per heavy atom. The van der Waals surface area contributed by atoms with Gasteiger partial charge in [-0.3, -0.25) is 4.79 Å². The molecule has 0 bridgehead atoms. The van der Waals surface area contributed by atoms with E-state index in [1.54, 1.807) is 26.2 Å². The molecular weight excluding hydrogens is 335 g/mol. The van der Waals surface area contributed by atoms with Crippen LogP contribution in [0.3, 0.4) is 0 Å². The van der Waals surface area contributed by atoms with E-state index in [1.165, 1.54) is 12.1 Å². The van der Waals surface area contributed by atoms with Gasteiger partial charge in [0.15, 0.2) is 0 Å². The van der Waals surface area contributed by atoms with Crippen LogP contribution in [0.1, 0.15) is 17.0 Å². The molecule has 1 aromatic heterocycles. The molecule has 1 N–H and O–H groups in total. The van der Waals surface area contributed by atoms with Gasteiger partial charge < -0.3 is 14.5 Å². The maximum atomic E-state index is 13.3. The van der Waals surface area contributed by atoms with Crippen LogP contribution < -0.4 is 10.1 Å². The number of aromatic nitrogens is 1. The summed E-state index contributed by atoms with van der Waals surface area (Å²) in [5.74, 6) is 1.09. The van der Waals surface area contributed by atoms with Gasteiger partial charge in [-0.05, 0) is 42.8 Å². The molecule has 0 aliphatic heterocycles. The normalized spacial score (nSPS) is 10.6. The lowest BCUT2D eigenvalue weighted by atomic mass is 10.2. The Hall–Kier alpha value is -3.15. The molecule has 0 radical (unpaired) electrons. The van der Waals surface area contributed by atoms with Gasteiger partial charge >= 0.3 is 0 Å². The van der Waals surface area contributed by atoms with Gasteiger partial charge in [0.25, 0.3) is 0 Å². The summed E-state index contributed by atoms with van der Waals surface area (Å²) in [6.45, 7) is 2.15. The van der Waals surface area contributed by atoms with Crippen LogP contribution in [-0.4, -0.2) is 18.0 Å². The van der Waals surface area contributed by atoms with Crippen molar-refractivity contribution in [2.75, 3.05) is 7.11 Å². The number of amides is 1. The van der Waals surface area contributed by atoms with Crippen LogP contribution in [-0.2, 0) is 17.8 Å². The molecule has 26 heavy (non-hydrogen) atoms. The number of nitrogens with one attached hydrogen (secondary N) is 1. The molecule has 1 amide bonds. The minimum Gasteiger partial charge on any atom is -0.497 e. The monoisotopic (exact) mass is 354 g/mol. The number of rotatable bonds is 6. The zero-order valence-corrected chi connectivity index (χ0v) is 14.6. The molecular formula is C20H19FN2O3. The lowest BCUT2D eigenvalue weighted by Crippen LogP contribution is -2.24. The number of nitrogens with zero attached hydrogens (tertiary/aromatic N) is 1. The molecule has 134 valence electrons. The second-order valence-electron chi connectivity index (χ2n) is 5.83. The molecule has 3 rings (SSSR count). The molecule has 0 aliphatic rings. The molecule has 0 atom stereocenters. The third kappa shape index (κ3) is 4.27. The predicted octanol–water partition coefficient (Wildman–Crippen LogP) is 3.66. The number of hydrogen-bond donors (Lipinski definition) is 1. The summed E-state index contributed by atoms with van der Waals surface area (Å²) in [5, 5.41) is 2.85. The lowest BCUT2D eigenvalue weighted by molar-refractivity contribution is -0.120. The highest BCUT2D eigenvalue weighted by molar-refractivity contribution is 5.78. The fraction of sp³-hybridized carbons (Fsp3) is 0.200. The van der Waals surface area contributed by atoms with Gasteiger partial charge in [-0.2, -0.15) is 0 Å². The summed E-state index contributed by atoms with van der Waals surface area (Å²) < 4.78 is 24.0. The molecule has 0 saturated carbocycles. The first-order chi connectivity index (χ1) is 12.5.